The van der Waals surface area contributed by atoms with Crippen LogP contribution in [0.3, 0.4) is 0 Å². The number of rotatable bonds is 5. The van der Waals surface area contributed by atoms with Gasteiger partial charge >= 0.3 is 12.1 Å². The summed E-state index contributed by atoms with van der Waals surface area (Å²) in [6.07, 6.45) is 1.70. The van der Waals surface area contributed by atoms with E-state index in [0.29, 0.717) is 24.8 Å². The highest BCUT2D eigenvalue weighted by atomic mass is 19.4. The highest BCUT2D eigenvalue weighted by molar-refractivity contribution is 5.86. The number of nitrogens with zero attached hydrogens (tertiary/aromatic N) is 1. The van der Waals surface area contributed by atoms with Crippen molar-refractivity contribution in [1.29, 1.82) is 0 Å². The van der Waals surface area contributed by atoms with Crippen molar-refractivity contribution in [3.05, 3.63) is 12.2 Å². The number of carbonyl (C=O) groups is 1. The maximum absolute atomic E-state index is 12.9. The van der Waals surface area contributed by atoms with Gasteiger partial charge in [0, 0.05) is 30.1 Å². The van der Waals surface area contributed by atoms with Gasteiger partial charge in [0.15, 0.2) is 0 Å². The molecule has 0 aromatic rings. The predicted octanol–water partition coefficient (Wildman–Crippen LogP) is 3.04. The number of hydrogen-bond acceptors (Lipinski definition) is 4. The molecule has 1 aliphatic heterocycles. The van der Waals surface area contributed by atoms with E-state index in [0.717, 1.165) is 25.7 Å². The summed E-state index contributed by atoms with van der Waals surface area (Å²) in [5.74, 6) is -1.83. The van der Waals surface area contributed by atoms with Gasteiger partial charge in [-0.1, -0.05) is 19.4 Å². The van der Waals surface area contributed by atoms with E-state index in [1.165, 1.54) is 0 Å². The predicted molar refractivity (Wildman–Crippen MR) is 91.1 cm³/mol. The van der Waals surface area contributed by atoms with Crippen LogP contribution in [0.4, 0.5) is 13.2 Å². The van der Waals surface area contributed by atoms with Crippen molar-refractivity contribution < 1.29 is 23.1 Å². The van der Waals surface area contributed by atoms with Crippen LogP contribution in [0.15, 0.2) is 12.2 Å². The molecule has 3 unspecified atom stereocenters. The number of fused-ring (bicyclic) bond motifs is 1. The first-order valence-corrected chi connectivity index (χ1v) is 9.53. The highest BCUT2D eigenvalue weighted by Gasteiger charge is 2.48. The molecular weight excluding hydrogens is 347 g/mol. The summed E-state index contributed by atoms with van der Waals surface area (Å²) in [6.45, 7) is 3.75. The van der Waals surface area contributed by atoms with Crippen LogP contribution in [0.5, 0.6) is 0 Å². The number of carboxylic acid groups (broad SMARTS) is 1. The number of hydrogen-bond donors (Lipinski definition) is 3. The molecule has 3 atom stereocenters. The Morgan fingerprint density at radius 3 is 2.42 bits per heavy atom. The quantitative estimate of drug-likeness (QED) is 0.645. The lowest BCUT2D eigenvalue weighted by atomic mass is 9.81. The molecule has 2 saturated carbocycles. The van der Waals surface area contributed by atoms with Crippen molar-refractivity contribution in [2.75, 3.05) is 6.54 Å². The molecule has 26 heavy (non-hydrogen) atoms. The zero-order chi connectivity index (χ0) is 18.9. The van der Waals surface area contributed by atoms with Crippen LogP contribution in [0, 0.1) is 11.8 Å². The Kier molecular flexibility index (Phi) is 5.94. The van der Waals surface area contributed by atoms with Crippen LogP contribution in [-0.4, -0.2) is 47.1 Å². The van der Waals surface area contributed by atoms with E-state index < -0.39 is 18.1 Å². The second-order valence-corrected chi connectivity index (χ2v) is 7.87. The molecular formula is C18H28F3N3O2. The van der Waals surface area contributed by atoms with E-state index in [4.69, 9.17) is 5.11 Å². The second-order valence-electron chi connectivity index (χ2n) is 7.87. The third kappa shape index (κ3) is 4.23. The fraction of sp³-hybridized carbons (Fsp3) is 0.833. The molecule has 0 aromatic heterocycles. The molecule has 1 saturated heterocycles. The standard InChI is InChI=1S/C18H28F3N3O2/c1-11(17(25)26)10-22-16-14-4-2-3-5-15(14)24(23-16)13-8-6-12(7-9-13)18(19,20)21/h12-16,22-23H,1-10H2,(H,25,26). The zero-order valence-corrected chi connectivity index (χ0v) is 14.9. The van der Waals surface area contributed by atoms with Crippen molar-refractivity contribution >= 4 is 5.97 Å². The minimum Gasteiger partial charge on any atom is -0.478 e. The Labute approximate surface area is 152 Å². The maximum Gasteiger partial charge on any atom is 0.391 e. The van der Waals surface area contributed by atoms with Gasteiger partial charge in [0.1, 0.15) is 0 Å². The van der Waals surface area contributed by atoms with Crippen molar-refractivity contribution in [3.8, 4) is 0 Å². The van der Waals surface area contributed by atoms with E-state index in [1.54, 1.807) is 0 Å². The average Bonchev–Trinajstić information content (AvgIpc) is 2.98. The minimum absolute atomic E-state index is 0.0447. The fourth-order valence-corrected chi connectivity index (χ4v) is 4.79. The van der Waals surface area contributed by atoms with Gasteiger partial charge in [-0.3, -0.25) is 5.32 Å². The number of alkyl halides is 3. The molecule has 8 heteroatoms. The average molecular weight is 375 g/mol. The van der Waals surface area contributed by atoms with E-state index in [-0.39, 0.29) is 37.2 Å². The summed E-state index contributed by atoms with van der Waals surface area (Å²) < 4.78 is 38.8. The first kappa shape index (κ1) is 19.6. The van der Waals surface area contributed by atoms with E-state index in [1.807, 2.05) is 0 Å². The molecule has 2 aliphatic carbocycles. The van der Waals surface area contributed by atoms with E-state index >= 15 is 0 Å². The normalized spacial score (nSPS) is 35.9. The second kappa shape index (κ2) is 7.86. The van der Waals surface area contributed by atoms with E-state index in [2.05, 4.69) is 22.3 Å². The number of carboxylic acids is 1. The first-order valence-electron chi connectivity index (χ1n) is 9.53. The summed E-state index contributed by atoms with van der Waals surface area (Å²) in [5, 5.41) is 14.4. The summed E-state index contributed by atoms with van der Waals surface area (Å²) in [7, 11) is 0. The molecule has 3 rings (SSSR count). The molecule has 3 aliphatic rings. The molecule has 1 heterocycles. The number of nitrogens with one attached hydrogen (secondary N) is 2. The van der Waals surface area contributed by atoms with Crippen molar-refractivity contribution in [1.82, 2.24) is 15.8 Å². The molecule has 0 spiro atoms. The zero-order valence-electron chi connectivity index (χ0n) is 14.9. The van der Waals surface area contributed by atoms with Gasteiger partial charge in [-0.2, -0.15) is 13.2 Å². The van der Waals surface area contributed by atoms with Crippen LogP contribution >= 0.6 is 0 Å². The van der Waals surface area contributed by atoms with Crippen molar-refractivity contribution in [2.45, 2.75) is 75.8 Å². The van der Waals surface area contributed by atoms with Crippen molar-refractivity contribution in [2.24, 2.45) is 11.8 Å². The third-order valence-electron chi connectivity index (χ3n) is 6.25. The van der Waals surface area contributed by atoms with Gasteiger partial charge in [-0.05, 0) is 38.5 Å². The van der Waals surface area contributed by atoms with Crippen LogP contribution in [0.1, 0.15) is 51.4 Å². The monoisotopic (exact) mass is 375 g/mol. The molecule has 0 aromatic carbocycles. The third-order valence-corrected chi connectivity index (χ3v) is 6.25. The molecule has 0 amide bonds. The Hall–Kier alpha value is -1.12. The van der Waals surface area contributed by atoms with Crippen LogP contribution in [0.25, 0.3) is 0 Å². The van der Waals surface area contributed by atoms with Gasteiger partial charge in [-0.25, -0.2) is 15.2 Å². The SMILES string of the molecule is C=C(CNC1NN(C2CCC(C(F)(F)F)CC2)C2CCCCC12)C(=O)O. The number of halogens is 3. The molecule has 3 N–H and O–H groups in total. The van der Waals surface area contributed by atoms with Crippen LogP contribution < -0.4 is 10.7 Å². The Bertz CT molecular complexity index is 532. The summed E-state index contributed by atoms with van der Waals surface area (Å²) >= 11 is 0. The lowest BCUT2D eigenvalue weighted by Gasteiger charge is -2.39. The fourth-order valence-electron chi connectivity index (χ4n) is 4.79. The molecule has 0 radical (unpaired) electrons. The topological polar surface area (TPSA) is 64.6 Å². The lowest BCUT2D eigenvalue weighted by Crippen LogP contribution is -2.51. The summed E-state index contributed by atoms with van der Waals surface area (Å²) in [4.78, 5) is 10.9. The van der Waals surface area contributed by atoms with Gasteiger partial charge in [-0.15, -0.1) is 0 Å². The Morgan fingerprint density at radius 1 is 1.15 bits per heavy atom. The Balaban J connectivity index is 1.61. The van der Waals surface area contributed by atoms with E-state index in [9.17, 15) is 18.0 Å². The highest BCUT2D eigenvalue weighted by Crippen LogP contribution is 2.42. The van der Waals surface area contributed by atoms with Crippen molar-refractivity contribution in [3.63, 3.8) is 0 Å². The summed E-state index contributed by atoms with van der Waals surface area (Å²) in [5.41, 5.74) is 3.57. The van der Waals surface area contributed by atoms with Gasteiger partial charge in [0.05, 0.1) is 12.1 Å². The molecule has 0 bridgehead atoms. The number of aliphatic carboxylic acids is 1. The first-order chi connectivity index (χ1) is 12.3. The molecule has 5 nitrogen and oxygen atoms in total. The minimum atomic E-state index is -4.09. The lowest BCUT2D eigenvalue weighted by molar-refractivity contribution is -0.185. The number of hydrazine groups is 1. The molecule has 3 fully saturated rings. The Morgan fingerprint density at radius 2 is 1.81 bits per heavy atom. The molecule has 148 valence electrons. The largest absolute Gasteiger partial charge is 0.478 e. The van der Waals surface area contributed by atoms with Crippen LogP contribution in [0.2, 0.25) is 0 Å². The summed E-state index contributed by atoms with van der Waals surface area (Å²) in [6, 6.07) is 0.431. The van der Waals surface area contributed by atoms with Crippen LogP contribution in [-0.2, 0) is 4.79 Å². The van der Waals surface area contributed by atoms with Gasteiger partial charge < -0.3 is 5.11 Å². The maximum atomic E-state index is 12.9. The smallest absolute Gasteiger partial charge is 0.391 e. The van der Waals surface area contributed by atoms with Gasteiger partial charge in [0.25, 0.3) is 0 Å². The van der Waals surface area contributed by atoms with Gasteiger partial charge in [0.2, 0.25) is 0 Å².